The van der Waals surface area contributed by atoms with Gasteiger partial charge in [-0.25, -0.2) is 0 Å². The normalized spacial score (nSPS) is 13.7. The number of nitrogens with one attached hydrogen (secondary N) is 1. The van der Waals surface area contributed by atoms with Gasteiger partial charge in [-0.2, -0.15) is 0 Å². The summed E-state index contributed by atoms with van der Waals surface area (Å²) in [5.41, 5.74) is 2.89. The van der Waals surface area contributed by atoms with Crippen LogP contribution in [-0.2, 0) is 11.3 Å². The minimum atomic E-state index is -0.109. The number of nitrogens with zero attached hydrogens (tertiary/aromatic N) is 1. The molecule has 0 radical (unpaired) electrons. The molecule has 1 heterocycles. The van der Waals surface area contributed by atoms with E-state index >= 15 is 0 Å². The maximum Gasteiger partial charge on any atom is 0.252 e. The van der Waals surface area contributed by atoms with Crippen molar-refractivity contribution in [2.75, 3.05) is 18.8 Å². The van der Waals surface area contributed by atoms with Crippen molar-refractivity contribution in [3.8, 4) is 0 Å². The summed E-state index contributed by atoms with van der Waals surface area (Å²) in [6.45, 7) is 4.25. The number of carbonyl (C=O) groups excluding carboxylic acids is 2. The molecule has 0 aliphatic carbocycles. The number of aryl methyl sites for hydroxylation is 1. The summed E-state index contributed by atoms with van der Waals surface area (Å²) in [5.74, 6) is 0.423. The van der Waals surface area contributed by atoms with E-state index in [2.05, 4.69) is 5.32 Å². The highest BCUT2D eigenvalue weighted by atomic mass is 32.2. The van der Waals surface area contributed by atoms with Gasteiger partial charge in [0.25, 0.3) is 5.91 Å². The van der Waals surface area contributed by atoms with E-state index in [-0.39, 0.29) is 11.8 Å². The molecule has 1 fully saturated rings. The number of hydrogen-bond donors (Lipinski definition) is 1. The minimum Gasteiger partial charge on any atom is -0.348 e. The van der Waals surface area contributed by atoms with E-state index in [0.29, 0.717) is 17.9 Å². The number of thioether (sulfide) groups is 1. The highest BCUT2D eigenvalue weighted by Gasteiger charge is 2.19. The number of amides is 2. The first-order valence-electron chi connectivity index (χ1n) is 8.97. The average Bonchev–Trinajstić information content (AvgIpc) is 3.20. The van der Waals surface area contributed by atoms with Crippen LogP contribution in [-0.4, -0.2) is 35.6 Å². The molecular weight excluding hydrogens is 344 g/mol. The van der Waals surface area contributed by atoms with Crippen LogP contribution in [0.15, 0.2) is 53.4 Å². The molecule has 1 aliphatic heterocycles. The number of carbonyl (C=O) groups is 2. The standard InChI is InChI=1S/C21H24N2O2S/c1-16-8-10-17(11-9-16)14-22-21(25)18-6-2-3-7-19(18)26-15-20(24)23-12-4-5-13-23/h2-3,6-11H,4-5,12-15H2,1H3,(H,22,25). The zero-order valence-corrected chi connectivity index (χ0v) is 15.8. The molecule has 0 aromatic heterocycles. The van der Waals surface area contributed by atoms with Crippen LogP contribution in [0.2, 0.25) is 0 Å². The molecule has 2 aromatic carbocycles. The Bertz CT molecular complexity index is 768. The minimum absolute atomic E-state index is 0.109. The lowest BCUT2D eigenvalue weighted by Crippen LogP contribution is -2.29. The van der Waals surface area contributed by atoms with Crippen LogP contribution in [0.4, 0.5) is 0 Å². The Hall–Kier alpha value is -2.27. The second-order valence-corrected chi connectivity index (χ2v) is 7.56. The predicted octanol–water partition coefficient (Wildman–Crippen LogP) is 3.64. The molecule has 0 spiro atoms. The fraction of sp³-hybridized carbons (Fsp3) is 0.333. The van der Waals surface area contributed by atoms with Gasteiger partial charge in [-0.3, -0.25) is 9.59 Å². The van der Waals surface area contributed by atoms with Gasteiger partial charge >= 0.3 is 0 Å². The van der Waals surface area contributed by atoms with Gasteiger partial charge in [-0.15, -0.1) is 11.8 Å². The van der Waals surface area contributed by atoms with Gasteiger partial charge < -0.3 is 10.2 Å². The van der Waals surface area contributed by atoms with Gasteiger partial charge in [0.05, 0.1) is 11.3 Å². The molecule has 0 atom stereocenters. The Morgan fingerprint density at radius 2 is 1.73 bits per heavy atom. The monoisotopic (exact) mass is 368 g/mol. The Labute approximate surface area is 159 Å². The molecule has 2 aromatic rings. The van der Waals surface area contributed by atoms with E-state index < -0.39 is 0 Å². The van der Waals surface area contributed by atoms with E-state index in [9.17, 15) is 9.59 Å². The highest BCUT2D eigenvalue weighted by Crippen LogP contribution is 2.24. The molecule has 1 N–H and O–H groups in total. The van der Waals surface area contributed by atoms with E-state index in [1.54, 1.807) is 0 Å². The van der Waals surface area contributed by atoms with Crippen molar-refractivity contribution >= 4 is 23.6 Å². The number of benzene rings is 2. The zero-order valence-electron chi connectivity index (χ0n) is 15.0. The van der Waals surface area contributed by atoms with Crippen molar-refractivity contribution in [3.63, 3.8) is 0 Å². The van der Waals surface area contributed by atoms with Gasteiger partial charge in [0.1, 0.15) is 0 Å². The molecule has 5 heteroatoms. The molecule has 1 saturated heterocycles. The fourth-order valence-corrected chi connectivity index (χ4v) is 3.91. The third-order valence-electron chi connectivity index (χ3n) is 4.52. The molecule has 2 amide bonds. The zero-order chi connectivity index (χ0) is 18.4. The maximum atomic E-state index is 12.6. The van der Waals surface area contributed by atoms with Gasteiger partial charge in [0, 0.05) is 24.5 Å². The summed E-state index contributed by atoms with van der Waals surface area (Å²) in [6, 6.07) is 15.6. The highest BCUT2D eigenvalue weighted by molar-refractivity contribution is 8.00. The quantitative estimate of drug-likeness (QED) is 0.792. The summed E-state index contributed by atoms with van der Waals surface area (Å²) in [7, 11) is 0. The van der Waals surface area contributed by atoms with Crippen molar-refractivity contribution < 1.29 is 9.59 Å². The lowest BCUT2D eigenvalue weighted by atomic mass is 10.1. The van der Waals surface area contributed by atoms with Gasteiger partial charge in [-0.05, 0) is 37.5 Å². The Morgan fingerprint density at radius 1 is 1.04 bits per heavy atom. The molecule has 0 saturated carbocycles. The first kappa shape index (κ1) is 18.5. The summed E-state index contributed by atoms with van der Waals surface area (Å²) < 4.78 is 0. The lowest BCUT2D eigenvalue weighted by molar-refractivity contribution is -0.127. The molecule has 0 unspecified atom stereocenters. The van der Waals surface area contributed by atoms with Crippen molar-refractivity contribution in [1.82, 2.24) is 10.2 Å². The first-order valence-corrected chi connectivity index (χ1v) is 9.95. The van der Waals surface area contributed by atoms with Gasteiger partial charge in [0.15, 0.2) is 0 Å². The van der Waals surface area contributed by atoms with Crippen LogP contribution in [0.5, 0.6) is 0 Å². The fourth-order valence-electron chi connectivity index (χ4n) is 2.96. The van der Waals surface area contributed by atoms with Gasteiger partial charge in [-0.1, -0.05) is 42.0 Å². The largest absolute Gasteiger partial charge is 0.348 e. The molecule has 26 heavy (non-hydrogen) atoms. The first-order chi connectivity index (χ1) is 12.6. The molecule has 3 rings (SSSR count). The van der Waals surface area contributed by atoms with Crippen LogP contribution in [0, 0.1) is 6.92 Å². The SMILES string of the molecule is Cc1ccc(CNC(=O)c2ccccc2SCC(=O)N2CCCC2)cc1. The van der Waals surface area contributed by atoms with Crippen LogP contribution < -0.4 is 5.32 Å². The Morgan fingerprint density at radius 3 is 2.46 bits per heavy atom. The molecule has 1 aliphatic rings. The molecule has 136 valence electrons. The number of likely N-dealkylation sites (tertiary alicyclic amines) is 1. The van der Waals surface area contributed by atoms with Crippen LogP contribution >= 0.6 is 11.8 Å². The maximum absolute atomic E-state index is 12.6. The second-order valence-electron chi connectivity index (χ2n) is 6.54. The average molecular weight is 369 g/mol. The van der Waals surface area contributed by atoms with E-state index in [1.807, 2.05) is 60.4 Å². The molecule has 4 nitrogen and oxygen atoms in total. The lowest BCUT2D eigenvalue weighted by Gasteiger charge is -2.15. The van der Waals surface area contributed by atoms with Crippen LogP contribution in [0.3, 0.4) is 0 Å². The summed E-state index contributed by atoms with van der Waals surface area (Å²) in [6.07, 6.45) is 2.18. The van der Waals surface area contributed by atoms with Gasteiger partial charge in [0.2, 0.25) is 5.91 Å². The molecular formula is C21H24N2O2S. The van der Waals surface area contributed by atoms with Crippen LogP contribution in [0.25, 0.3) is 0 Å². The second kappa shape index (κ2) is 8.90. The number of rotatable bonds is 6. The summed E-state index contributed by atoms with van der Waals surface area (Å²) in [5, 5.41) is 2.97. The Kier molecular flexibility index (Phi) is 6.34. The van der Waals surface area contributed by atoms with E-state index in [4.69, 9.17) is 0 Å². The summed E-state index contributed by atoms with van der Waals surface area (Å²) >= 11 is 1.44. The summed E-state index contributed by atoms with van der Waals surface area (Å²) in [4.78, 5) is 27.6. The third kappa shape index (κ3) is 4.88. The Balaban J connectivity index is 1.59. The van der Waals surface area contributed by atoms with Crippen molar-refractivity contribution in [3.05, 3.63) is 65.2 Å². The van der Waals surface area contributed by atoms with E-state index in [0.717, 1.165) is 36.4 Å². The predicted molar refractivity (Wildman–Crippen MR) is 105 cm³/mol. The number of hydrogen-bond acceptors (Lipinski definition) is 3. The topological polar surface area (TPSA) is 49.4 Å². The van der Waals surface area contributed by atoms with E-state index in [1.165, 1.54) is 17.3 Å². The molecule has 0 bridgehead atoms. The third-order valence-corrected chi connectivity index (χ3v) is 5.57. The van der Waals surface area contributed by atoms with Crippen molar-refractivity contribution in [2.24, 2.45) is 0 Å². The van der Waals surface area contributed by atoms with Crippen molar-refractivity contribution in [2.45, 2.75) is 31.2 Å². The smallest absolute Gasteiger partial charge is 0.252 e. The van der Waals surface area contributed by atoms with Crippen molar-refractivity contribution in [1.29, 1.82) is 0 Å². The van der Waals surface area contributed by atoms with Crippen LogP contribution in [0.1, 0.15) is 34.3 Å².